The lowest BCUT2D eigenvalue weighted by Gasteiger charge is -2.36. The number of alkyl halides is 6. The minimum absolute atomic E-state index is 0.0472. The Hall–Kier alpha value is -3.30. The molecule has 0 atom stereocenters. The van der Waals surface area contributed by atoms with E-state index in [1.165, 1.54) is 6.20 Å². The molecule has 0 bridgehead atoms. The van der Waals surface area contributed by atoms with E-state index in [0.717, 1.165) is 34.7 Å². The van der Waals surface area contributed by atoms with Crippen LogP contribution in [0.25, 0.3) is 5.69 Å². The summed E-state index contributed by atoms with van der Waals surface area (Å²) in [4.78, 5) is 15.3. The third kappa shape index (κ3) is 7.15. The maximum absolute atomic E-state index is 13.6. The minimum Gasteiger partial charge on any atom is -0.483 e. The quantitative estimate of drug-likeness (QED) is 0.293. The van der Waals surface area contributed by atoms with Crippen LogP contribution in [0.1, 0.15) is 42.4 Å². The molecule has 1 aromatic heterocycles. The third-order valence-corrected chi connectivity index (χ3v) is 9.61. The predicted molar refractivity (Wildman–Crippen MR) is 151 cm³/mol. The van der Waals surface area contributed by atoms with E-state index in [4.69, 9.17) is 16.3 Å². The van der Waals surface area contributed by atoms with Gasteiger partial charge < -0.3 is 9.64 Å². The molecule has 1 saturated heterocycles. The predicted octanol–water partition coefficient (Wildman–Crippen LogP) is 5.90. The van der Waals surface area contributed by atoms with Crippen LogP contribution in [0.15, 0.2) is 53.5 Å². The van der Waals surface area contributed by atoms with Gasteiger partial charge in [-0.1, -0.05) is 17.7 Å². The lowest BCUT2D eigenvalue weighted by atomic mass is 10.1. The van der Waals surface area contributed by atoms with Crippen molar-refractivity contribution in [3.63, 3.8) is 0 Å². The monoisotopic (exact) mass is 664 g/mol. The van der Waals surface area contributed by atoms with Gasteiger partial charge >= 0.3 is 17.9 Å². The van der Waals surface area contributed by atoms with Gasteiger partial charge in [0.2, 0.25) is 15.8 Å². The van der Waals surface area contributed by atoms with Crippen molar-refractivity contribution in [3.8, 4) is 11.4 Å². The molecule has 2 aliphatic rings. The summed E-state index contributed by atoms with van der Waals surface area (Å²) in [7, 11) is -4.30. The highest BCUT2D eigenvalue weighted by Gasteiger charge is 2.38. The third-order valence-electron chi connectivity index (χ3n) is 7.52. The summed E-state index contributed by atoms with van der Waals surface area (Å²) in [6, 6.07) is 7.32. The molecule has 1 aliphatic heterocycles. The Morgan fingerprint density at radius 2 is 1.52 bits per heavy atom. The zero-order chi connectivity index (χ0) is 31.9. The average molecular weight is 665 g/mol. The van der Waals surface area contributed by atoms with Crippen LogP contribution >= 0.6 is 11.6 Å². The maximum atomic E-state index is 13.6. The van der Waals surface area contributed by atoms with Crippen molar-refractivity contribution in [1.82, 2.24) is 14.1 Å². The number of ether oxygens (including phenoxy) is 1. The zero-order valence-electron chi connectivity index (χ0n) is 23.0. The Kier molecular flexibility index (Phi) is 8.93. The van der Waals surface area contributed by atoms with Gasteiger partial charge in [-0.3, -0.25) is 4.79 Å². The van der Waals surface area contributed by atoms with Gasteiger partial charge in [0.1, 0.15) is 5.69 Å². The summed E-state index contributed by atoms with van der Waals surface area (Å²) in [6.07, 6.45) is -5.53. The van der Waals surface area contributed by atoms with Crippen molar-refractivity contribution in [1.29, 1.82) is 0 Å². The zero-order valence-corrected chi connectivity index (χ0v) is 24.6. The lowest BCUT2D eigenvalue weighted by molar-refractivity contribution is -0.143. The summed E-state index contributed by atoms with van der Waals surface area (Å²) in [5, 5.41) is 4.69. The molecule has 5 rings (SSSR count). The molecule has 0 unspecified atom stereocenters. The van der Waals surface area contributed by atoms with Crippen molar-refractivity contribution in [2.45, 2.75) is 49.9 Å². The van der Waals surface area contributed by atoms with Crippen LogP contribution in [0.5, 0.6) is 5.75 Å². The highest BCUT2D eigenvalue weighted by molar-refractivity contribution is 7.88. The van der Waals surface area contributed by atoms with Gasteiger partial charge in [-0.05, 0) is 67.6 Å². The Morgan fingerprint density at radius 3 is 2.09 bits per heavy atom. The summed E-state index contributed by atoms with van der Waals surface area (Å²) in [5.74, 6) is -1.00. The second kappa shape index (κ2) is 12.2. The lowest BCUT2D eigenvalue weighted by Crippen LogP contribution is -2.49. The van der Waals surface area contributed by atoms with E-state index in [1.54, 1.807) is 29.2 Å². The van der Waals surface area contributed by atoms with Gasteiger partial charge in [-0.25, -0.2) is 8.42 Å². The largest absolute Gasteiger partial charge is 0.483 e. The van der Waals surface area contributed by atoms with E-state index >= 15 is 0 Å². The number of halogens is 7. The van der Waals surface area contributed by atoms with Crippen molar-refractivity contribution in [3.05, 3.63) is 80.7 Å². The van der Waals surface area contributed by atoms with Gasteiger partial charge in [0.15, 0.2) is 0 Å². The molecule has 2 aromatic carbocycles. The molecule has 8 nitrogen and oxygen atoms in total. The van der Waals surface area contributed by atoms with Crippen LogP contribution in [-0.2, 0) is 28.1 Å². The van der Waals surface area contributed by atoms with Crippen LogP contribution in [0.4, 0.5) is 32.0 Å². The molecule has 0 N–H and O–H groups in total. The molecule has 2 heterocycles. The Morgan fingerprint density at radius 1 is 0.909 bits per heavy atom. The number of sulfonamides is 1. The molecule has 2 fully saturated rings. The molecular weight excluding hydrogens is 638 g/mol. The molecule has 44 heavy (non-hydrogen) atoms. The summed E-state index contributed by atoms with van der Waals surface area (Å²) < 4.78 is 114. The first kappa shape index (κ1) is 32.1. The minimum atomic E-state index is -5.10. The first-order chi connectivity index (χ1) is 20.6. The van der Waals surface area contributed by atoms with E-state index in [9.17, 15) is 39.6 Å². The van der Waals surface area contributed by atoms with E-state index in [1.807, 2.05) is 0 Å². The van der Waals surface area contributed by atoms with Crippen LogP contribution in [-0.4, -0.2) is 54.8 Å². The second-order valence-corrected chi connectivity index (χ2v) is 13.0. The van der Waals surface area contributed by atoms with Crippen molar-refractivity contribution < 1.29 is 39.5 Å². The number of anilines is 1. The number of hydrogen-bond donors (Lipinski definition) is 0. The molecule has 1 saturated carbocycles. The molecule has 238 valence electrons. The van der Waals surface area contributed by atoms with Crippen LogP contribution in [0.2, 0.25) is 5.02 Å². The van der Waals surface area contributed by atoms with Crippen molar-refractivity contribution in [2.24, 2.45) is 0 Å². The topological polar surface area (TPSA) is 84.7 Å². The molecule has 0 spiro atoms. The molecule has 3 aromatic rings. The first-order valence-corrected chi connectivity index (χ1v) is 15.7. The molecule has 0 amide bonds. The van der Waals surface area contributed by atoms with Crippen LogP contribution < -0.4 is 15.2 Å². The fraction of sp³-hybridized carbons (Fsp3) is 0.429. The summed E-state index contributed by atoms with van der Waals surface area (Å²) in [6.45, 7) is -0.126. The van der Waals surface area contributed by atoms with Crippen molar-refractivity contribution >= 4 is 27.3 Å². The van der Waals surface area contributed by atoms with Gasteiger partial charge in [0.05, 0.1) is 34.9 Å². The van der Waals surface area contributed by atoms with Gasteiger partial charge in [-0.15, -0.1) is 0 Å². The summed E-state index contributed by atoms with van der Waals surface area (Å²) >= 11 is 6.10. The molecular formula is C28H27ClF6N4O4S. The number of benzene rings is 2. The van der Waals surface area contributed by atoms with Gasteiger partial charge in [0.25, 0.3) is 0 Å². The number of rotatable bonds is 7. The molecule has 0 radical (unpaired) electrons. The Labute approximate surface area is 253 Å². The van der Waals surface area contributed by atoms with Crippen molar-refractivity contribution in [2.75, 3.05) is 31.1 Å². The standard InChI is InChI=1S/C28H27ClF6N4O4S/c29-21-4-3-5-22(15-21)39-26(40)25(43-23-6-1-2-7-23)24(16-36-39)37-8-10-38(11-9-37)44(41,42)17-18-12-19(27(30,31)32)14-20(13-18)28(33,34)35/h3-5,12-16,23H,1-2,6-11,17H2. The van der Waals surface area contributed by atoms with Gasteiger partial charge in [0, 0.05) is 31.2 Å². The number of hydrogen-bond acceptors (Lipinski definition) is 6. The number of nitrogens with zero attached hydrogens (tertiary/aromatic N) is 4. The van der Waals surface area contributed by atoms with E-state index in [0.29, 0.717) is 28.5 Å². The second-order valence-electron chi connectivity index (χ2n) is 10.6. The number of piperazine rings is 1. The van der Waals surface area contributed by atoms with Crippen LogP contribution in [0.3, 0.4) is 0 Å². The Balaban J connectivity index is 1.37. The first-order valence-electron chi connectivity index (χ1n) is 13.7. The smallest absolute Gasteiger partial charge is 0.416 e. The fourth-order valence-corrected chi connectivity index (χ4v) is 7.02. The Bertz CT molecular complexity index is 1650. The molecule has 1 aliphatic carbocycles. The van der Waals surface area contributed by atoms with Gasteiger partial charge in [-0.2, -0.15) is 40.4 Å². The maximum Gasteiger partial charge on any atom is 0.416 e. The van der Waals surface area contributed by atoms with E-state index in [2.05, 4.69) is 5.10 Å². The highest BCUT2D eigenvalue weighted by atomic mass is 35.5. The van der Waals surface area contributed by atoms with E-state index in [-0.39, 0.29) is 44.1 Å². The summed E-state index contributed by atoms with van der Waals surface area (Å²) in [5.41, 5.74) is -3.56. The number of aromatic nitrogens is 2. The normalized spacial score (nSPS) is 17.3. The van der Waals surface area contributed by atoms with Crippen LogP contribution in [0, 0.1) is 0 Å². The SMILES string of the molecule is O=c1c(OC2CCCC2)c(N2CCN(S(=O)(=O)Cc3cc(C(F)(F)F)cc(C(F)(F)F)c3)CC2)cnn1-c1cccc(Cl)c1. The average Bonchev–Trinajstić information content (AvgIpc) is 3.46. The highest BCUT2D eigenvalue weighted by Crippen LogP contribution is 2.37. The fourth-order valence-electron chi connectivity index (χ4n) is 5.34. The van der Waals surface area contributed by atoms with E-state index < -0.39 is 50.4 Å². The molecule has 16 heteroatoms.